The summed E-state index contributed by atoms with van der Waals surface area (Å²) in [5, 5.41) is 2.80. The highest BCUT2D eigenvalue weighted by molar-refractivity contribution is 5.97. The Kier molecular flexibility index (Phi) is 4.09. The molecular weight excluding hydrogens is 256 g/mol. The molecule has 114 valence electrons. The molecular formula is C15H26N2O3. The number of nitrogens with one attached hydrogen (secondary N) is 1. The molecule has 5 nitrogen and oxygen atoms in total. The molecule has 0 spiro atoms. The van der Waals surface area contributed by atoms with Crippen molar-refractivity contribution in [2.24, 2.45) is 5.41 Å². The van der Waals surface area contributed by atoms with Gasteiger partial charge in [-0.25, -0.2) is 0 Å². The van der Waals surface area contributed by atoms with Crippen molar-refractivity contribution in [3.8, 4) is 0 Å². The fourth-order valence-corrected chi connectivity index (χ4v) is 3.37. The van der Waals surface area contributed by atoms with Crippen LogP contribution < -0.4 is 5.32 Å². The summed E-state index contributed by atoms with van der Waals surface area (Å²) in [7, 11) is 0. The van der Waals surface area contributed by atoms with Crippen LogP contribution in [0.1, 0.15) is 47.5 Å². The number of amides is 2. The van der Waals surface area contributed by atoms with Gasteiger partial charge in [-0.05, 0) is 26.7 Å². The van der Waals surface area contributed by atoms with E-state index in [-0.39, 0.29) is 35.4 Å². The van der Waals surface area contributed by atoms with E-state index < -0.39 is 6.04 Å². The van der Waals surface area contributed by atoms with Gasteiger partial charge < -0.3 is 15.0 Å². The first-order valence-electron chi connectivity index (χ1n) is 7.58. The lowest BCUT2D eigenvalue weighted by Gasteiger charge is -2.58. The molecule has 2 aliphatic rings. The predicted octanol–water partition coefficient (Wildman–Crippen LogP) is 1.32. The molecule has 0 bridgehead atoms. The minimum Gasteiger partial charge on any atom is -0.378 e. The Morgan fingerprint density at radius 3 is 2.50 bits per heavy atom. The summed E-state index contributed by atoms with van der Waals surface area (Å²) in [5.41, 5.74) is -0.101. The van der Waals surface area contributed by atoms with Gasteiger partial charge in [0.2, 0.25) is 11.8 Å². The van der Waals surface area contributed by atoms with E-state index in [2.05, 4.69) is 19.2 Å². The van der Waals surface area contributed by atoms with Crippen molar-refractivity contribution in [3.05, 3.63) is 0 Å². The molecule has 0 aromatic carbocycles. The first-order chi connectivity index (χ1) is 9.34. The number of carbonyl (C=O) groups excluding carboxylic acids is 2. The fraction of sp³-hybridized carbons (Fsp3) is 0.867. The molecule has 5 heteroatoms. The largest absolute Gasteiger partial charge is 0.378 e. The quantitative estimate of drug-likeness (QED) is 0.846. The first kappa shape index (κ1) is 15.3. The highest BCUT2D eigenvalue weighted by atomic mass is 16.5. The van der Waals surface area contributed by atoms with E-state index in [4.69, 9.17) is 4.74 Å². The normalized spacial score (nSPS) is 36.5. The van der Waals surface area contributed by atoms with Crippen LogP contribution in [0.5, 0.6) is 0 Å². The average molecular weight is 282 g/mol. The number of nitrogens with zero attached hydrogens (tertiary/aromatic N) is 1. The molecule has 1 aliphatic carbocycles. The van der Waals surface area contributed by atoms with Gasteiger partial charge in [-0.3, -0.25) is 9.59 Å². The third-order valence-electron chi connectivity index (χ3n) is 4.90. The molecule has 20 heavy (non-hydrogen) atoms. The van der Waals surface area contributed by atoms with Crippen LogP contribution in [0.15, 0.2) is 0 Å². The zero-order chi connectivity index (χ0) is 15.1. The highest BCUT2D eigenvalue weighted by Crippen LogP contribution is 2.47. The van der Waals surface area contributed by atoms with Crippen molar-refractivity contribution in [1.82, 2.24) is 10.2 Å². The van der Waals surface area contributed by atoms with E-state index in [9.17, 15) is 9.59 Å². The molecule has 0 aromatic heterocycles. The molecule has 2 amide bonds. The maximum Gasteiger partial charge on any atom is 0.246 e. The summed E-state index contributed by atoms with van der Waals surface area (Å²) in [4.78, 5) is 26.4. The van der Waals surface area contributed by atoms with Crippen LogP contribution in [-0.4, -0.2) is 47.6 Å². The molecule has 4 unspecified atom stereocenters. The lowest BCUT2D eigenvalue weighted by atomic mass is 9.63. The minimum atomic E-state index is -0.392. The van der Waals surface area contributed by atoms with E-state index in [0.29, 0.717) is 13.0 Å². The second-order valence-electron chi connectivity index (χ2n) is 6.41. The van der Waals surface area contributed by atoms with Crippen LogP contribution in [0.4, 0.5) is 0 Å². The smallest absolute Gasteiger partial charge is 0.246 e. The van der Waals surface area contributed by atoms with E-state index in [1.807, 2.05) is 20.8 Å². The summed E-state index contributed by atoms with van der Waals surface area (Å²) in [6.45, 7) is 10.6. The summed E-state index contributed by atoms with van der Waals surface area (Å²) in [6, 6.07) is -0.681. The van der Waals surface area contributed by atoms with Gasteiger partial charge in [-0.1, -0.05) is 20.8 Å². The Labute approximate surface area is 121 Å². The Morgan fingerprint density at radius 1 is 1.35 bits per heavy atom. The molecule has 1 N–H and O–H groups in total. The van der Waals surface area contributed by atoms with E-state index in [1.54, 1.807) is 4.90 Å². The standard InChI is InChI=1S/C15H26N2O3/c1-6-10-14(19)17(9(3)13(18)16-10)11-8-12(20-7-2)15(11,4)5/h9-12H,6-8H2,1-5H3,(H,16,18). The van der Waals surface area contributed by atoms with E-state index >= 15 is 0 Å². The summed E-state index contributed by atoms with van der Waals surface area (Å²) < 4.78 is 5.73. The van der Waals surface area contributed by atoms with Crippen molar-refractivity contribution in [2.75, 3.05) is 6.61 Å². The third kappa shape index (κ3) is 2.22. The average Bonchev–Trinajstić information content (AvgIpc) is 2.41. The van der Waals surface area contributed by atoms with Gasteiger partial charge in [0.1, 0.15) is 12.1 Å². The molecule has 1 heterocycles. The number of piperazine rings is 1. The van der Waals surface area contributed by atoms with Gasteiger partial charge in [0.25, 0.3) is 0 Å². The van der Waals surface area contributed by atoms with Gasteiger partial charge in [-0.2, -0.15) is 0 Å². The molecule has 1 saturated carbocycles. The maximum absolute atomic E-state index is 12.6. The van der Waals surface area contributed by atoms with Gasteiger partial charge in [0.05, 0.1) is 6.10 Å². The zero-order valence-electron chi connectivity index (χ0n) is 13.1. The summed E-state index contributed by atoms with van der Waals surface area (Å²) in [5.74, 6) is -0.000247. The van der Waals surface area contributed by atoms with Gasteiger partial charge in [0.15, 0.2) is 0 Å². The second kappa shape index (κ2) is 5.35. The van der Waals surface area contributed by atoms with Crippen LogP contribution in [0.3, 0.4) is 0 Å². The van der Waals surface area contributed by atoms with Crippen LogP contribution in [0.25, 0.3) is 0 Å². The van der Waals surface area contributed by atoms with Crippen LogP contribution >= 0.6 is 0 Å². The van der Waals surface area contributed by atoms with E-state index in [0.717, 1.165) is 6.42 Å². The highest BCUT2D eigenvalue weighted by Gasteiger charge is 2.56. The lowest BCUT2D eigenvalue weighted by molar-refractivity contribution is -0.181. The Morgan fingerprint density at radius 2 is 2.00 bits per heavy atom. The van der Waals surface area contributed by atoms with Crippen molar-refractivity contribution < 1.29 is 14.3 Å². The molecule has 0 aromatic rings. The number of rotatable bonds is 4. The summed E-state index contributed by atoms with van der Waals surface area (Å²) >= 11 is 0. The van der Waals surface area contributed by atoms with Crippen LogP contribution in [-0.2, 0) is 14.3 Å². The number of carbonyl (C=O) groups is 2. The number of ether oxygens (including phenoxy) is 1. The molecule has 1 saturated heterocycles. The van der Waals surface area contributed by atoms with Gasteiger partial charge in [-0.15, -0.1) is 0 Å². The van der Waals surface area contributed by atoms with Crippen LogP contribution in [0, 0.1) is 5.41 Å². The van der Waals surface area contributed by atoms with Crippen LogP contribution in [0.2, 0.25) is 0 Å². The monoisotopic (exact) mass is 282 g/mol. The van der Waals surface area contributed by atoms with Gasteiger partial charge >= 0.3 is 0 Å². The third-order valence-corrected chi connectivity index (χ3v) is 4.90. The molecule has 2 rings (SSSR count). The molecule has 2 fully saturated rings. The number of hydrogen-bond acceptors (Lipinski definition) is 3. The maximum atomic E-state index is 12.6. The fourth-order valence-electron chi connectivity index (χ4n) is 3.37. The lowest BCUT2D eigenvalue weighted by Crippen LogP contribution is -2.72. The van der Waals surface area contributed by atoms with Crippen molar-refractivity contribution in [1.29, 1.82) is 0 Å². The number of hydrogen-bond donors (Lipinski definition) is 1. The predicted molar refractivity (Wildman–Crippen MR) is 76.1 cm³/mol. The van der Waals surface area contributed by atoms with Crippen molar-refractivity contribution >= 4 is 11.8 Å². The molecule has 1 aliphatic heterocycles. The SMILES string of the molecule is CCOC1CC(N2C(=O)C(CC)NC(=O)C2C)C1(C)C. The summed E-state index contributed by atoms with van der Waals surface area (Å²) in [6.07, 6.45) is 1.62. The molecule has 4 atom stereocenters. The topological polar surface area (TPSA) is 58.6 Å². The van der Waals surface area contributed by atoms with Crippen molar-refractivity contribution in [3.63, 3.8) is 0 Å². The Balaban J connectivity index is 2.18. The van der Waals surface area contributed by atoms with Gasteiger partial charge in [0, 0.05) is 18.1 Å². The zero-order valence-corrected chi connectivity index (χ0v) is 13.1. The second-order valence-corrected chi connectivity index (χ2v) is 6.41. The minimum absolute atomic E-state index is 0.0487. The Bertz CT molecular complexity index is 408. The Hall–Kier alpha value is -1.10. The van der Waals surface area contributed by atoms with E-state index in [1.165, 1.54) is 0 Å². The van der Waals surface area contributed by atoms with Crippen molar-refractivity contribution in [2.45, 2.75) is 71.7 Å². The molecule has 0 radical (unpaired) electrons. The first-order valence-corrected chi connectivity index (χ1v) is 7.58.